The van der Waals surface area contributed by atoms with Gasteiger partial charge in [-0.15, -0.1) is 11.3 Å². The molecule has 0 amide bonds. The van der Waals surface area contributed by atoms with E-state index in [1.54, 1.807) is 18.4 Å². The maximum atomic E-state index is 10.8. The summed E-state index contributed by atoms with van der Waals surface area (Å²) >= 11 is 6.64. The van der Waals surface area contributed by atoms with Crippen LogP contribution in [0.1, 0.15) is 9.67 Å². The third kappa shape index (κ3) is 1.66. The van der Waals surface area contributed by atoms with Crippen LogP contribution in [0.5, 0.6) is 0 Å². The maximum absolute atomic E-state index is 10.8. The lowest BCUT2D eigenvalue weighted by atomic mass is 10.3. The zero-order valence-corrected chi connectivity index (χ0v) is 8.06. The fourth-order valence-electron chi connectivity index (χ4n) is 0.995. The number of carbonyl (C=O) groups excluding carboxylic acids is 1. The lowest BCUT2D eigenvalue weighted by molar-refractivity contribution is 0.108. The van der Waals surface area contributed by atoms with Crippen molar-refractivity contribution in [2.45, 2.75) is 0 Å². The van der Waals surface area contributed by atoms with Crippen molar-refractivity contribution in [1.29, 1.82) is 0 Å². The van der Waals surface area contributed by atoms with Crippen molar-refractivity contribution in [3.63, 3.8) is 0 Å². The van der Waals surface area contributed by atoms with Crippen LogP contribution >= 0.6 is 22.9 Å². The predicted octanol–water partition coefficient (Wildman–Crippen LogP) is 3.39. The minimum Gasteiger partial charge on any atom is -0.464 e. The van der Waals surface area contributed by atoms with E-state index in [9.17, 15) is 4.79 Å². The summed E-state index contributed by atoms with van der Waals surface area (Å²) in [6.45, 7) is 0. The van der Waals surface area contributed by atoms with Crippen LogP contribution in [0.25, 0.3) is 10.6 Å². The van der Waals surface area contributed by atoms with Crippen molar-refractivity contribution >= 4 is 28.2 Å². The third-order valence-electron chi connectivity index (χ3n) is 1.56. The molecule has 2 rings (SSSR count). The normalized spacial score (nSPS) is 10.2. The summed E-state index contributed by atoms with van der Waals surface area (Å²) in [5, 5.41) is -0.428. The molecular formula is C9H5ClO2S. The highest BCUT2D eigenvalue weighted by atomic mass is 35.5. The van der Waals surface area contributed by atoms with E-state index < -0.39 is 5.24 Å². The molecule has 0 N–H and O–H groups in total. The first-order chi connectivity index (χ1) is 6.27. The molecule has 13 heavy (non-hydrogen) atoms. The molecule has 0 bridgehead atoms. The predicted molar refractivity (Wildman–Crippen MR) is 52.2 cm³/mol. The Balaban J connectivity index is 2.39. The zero-order valence-electron chi connectivity index (χ0n) is 6.49. The number of furan rings is 1. The quantitative estimate of drug-likeness (QED) is 0.715. The lowest BCUT2D eigenvalue weighted by Gasteiger charge is -1.86. The van der Waals surface area contributed by atoms with Crippen LogP contribution in [0.4, 0.5) is 0 Å². The molecule has 0 atom stereocenters. The molecule has 0 aromatic carbocycles. The molecule has 4 heteroatoms. The molecule has 0 saturated heterocycles. The second kappa shape index (κ2) is 3.36. The summed E-state index contributed by atoms with van der Waals surface area (Å²) in [6, 6.07) is 7.16. The van der Waals surface area contributed by atoms with Gasteiger partial charge in [0.2, 0.25) is 0 Å². The Morgan fingerprint density at radius 3 is 2.77 bits per heavy atom. The van der Waals surface area contributed by atoms with Gasteiger partial charge in [0.1, 0.15) is 5.76 Å². The Morgan fingerprint density at radius 1 is 1.38 bits per heavy atom. The van der Waals surface area contributed by atoms with Crippen LogP contribution in [0.2, 0.25) is 0 Å². The fourth-order valence-corrected chi connectivity index (χ4v) is 1.98. The van der Waals surface area contributed by atoms with Gasteiger partial charge in [-0.05, 0) is 35.9 Å². The van der Waals surface area contributed by atoms with Crippen LogP contribution in [-0.2, 0) is 0 Å². The molecule has 66 valence electrons. The van der Waals surface area contributed by atoms with Crippen LogP contribution in [0, 0.1) is 0 Å². The molecule has 0 radical (unpaired) electrons. The van der Waals surface area contributed by atoms with Crippen molar-refractivity contribution in [1.82, 2.24) is 0 Å². The highest BCUT2D eigenvalue weighted by Gasteiger charge is 2.08. The van der Waals surface area contributed by atoms with Gasteiger partial charge in [-0.2, -0.15) is 0 Å². The molecule has 0 aliphatic rings. The molecule has 0 spiro atoms. The van der Waals surface area contributed by atoms with E-state index in [-0.39, 0.29) is 0 Å². The molecule has 0 unspecified atom stereocenters. The lowest BCUT2D eigenvalue weighted by Crippen LogP contribution is -1.78. The monoisotopic (exact) mass is 212 g/mol. The third-order valence-corrected chi connectivity index (χ3v) is 2.98. The Morgan fingerprint density at radius 2 is 2.23 bits per heavy atom. The van der Waals surface area contributed by atoms with Gasteiger partial charge in [0.25, 0.3) is 5.24 Å². The van der Waals surface area contributed by atoms with Crippen LogP contribution in [0.15, 0.2) is 34.9 Å². The highest BCUT2D eigenvalue weighted by Crippen LogP contribution is 2.28. The number of thiophene rings is 1. The maximum Gasteiger partial charge on any atom is 0.262 e. The topological polar surface area (TPSA) is 30.2 Å². The standard InChI is InChI=1S/C9H5ClO2S/c10-9(11)8-4-3-7(13-8)6-2-1-5-12-6/h1-5H. The van der Waals surface area contributed by atoms with Crippen molar-refractivity contribution < 1.29 is 9.21 Å². The van der Waals surface area contributed by atoms with Gasteiger partial charge in [0.05, 0.1) is 16.0 Å². The molecule has 2 nitrogen and oxygen atoms in total. The second-order valence-corrected chi connectivity index (χ2v) is 3.84. The van der Waals surface area contributed by atoms with E-state index in [0.717, 1.165) is 10.6 Å². The number of carbonyl (C=O) groups is 1. The largest absolute Gasteiger partial charge is 0.464 e. The Hall–Kier alpha value is -1.06. The number of halogens is 1. The summed E-state index contributed by atoms with van der Waals surface area (Å²) in [7, 11) is 0. The minimum absolute atomic E-state index is 0.428. The smallest absolute Gasteiger partial charge is 0.262 e. The van der Waals surface area contributed by atoms with Crippen molar-refractivity contribution in [3.8, 4) is 10.6 Å². The van der Waals surface area contributed by atoms with Gasteiger partial charge >= 0.3 is 0 Å². The van der Waals surface area contributed by atoms with Crippen molar-refractivity contribution in [2.75, 3.05) is 0 Å². The summed E-state index contributed by atoms with van der Waals surface area (Å²) in [6.07, 6.45) is 1.59. The minimum atomic E-state index is -0.428. The number of hydrogen-bond acceptors (Lipinski definition) is 3. The SMILES string of the molecule is O=C(Cl)c1ccc(-c2ccco2)s1. The van der Waals surface area contributed by atoms with E-state index in [1.807, 2.05) is 12.1 Å². The summed E-state index contributed by atoms with van der Waals surface area (Å²) in [4.78, 5) is 12.2. The first kappa shape index (κ1) is 8.53. The van der Waals surface area contributed by atoms with Crippen LogP contribution in [0.3, 0.4) is 0 Å². The van der Waals surface area contributed by atoms with Crippen LogP contribution in [-0.4, -0.2) is 5.24 Å². The average molecular weight is 213 g/mol. The summed E-state index contributed by atoms with van der Waals surface area (Å²) in [5.74, 6) is 0.758. The van der Waals surface area contributed by atoms with Gasteiger partial charge in [0, 0.05) is 0 Å². The van der Waals surface area contributed by atoms with Gasteiger partial charge in [-0.25, -0.2) is 0 Å². The van der Waals surface area contributed by atoms with E-state index >= 15 is 0 Å². The number of rotatable bonds is 2. The molecule has 0 saturated carbocycles. The van der Waals surface area contributed by atoms with Gasteiger partial charge in [0.15, 0.2) is 0 Å². The number of hydrogen-bond donors (Lipinski definition) is 0. The Bertz CT molecular complexity index is 417. The van der Waals surface area contributed by atoms with E-state index in [0.29, 0.717) is 4.88 Å². The molecule has 2 aromatic rings. The van der Waals surface area contributed by atoms with Gasteiger partial charge in [-0.1, -0.05) is 0 Å². The van der Waals surface area contributed by atoms with Crippen molar-refractivity contribution in [2.24, 2.45) is 0 Å². The van der Waals surface area contributed by atoms with E-state index in [2.05, 4.69) is 0 Å². The zero-order chi connectivity index (χ0) is 9.26. The first-order valence-electron chi connectivity index (χ1n) is 3.61. The Kier molecular flexibility index (Phi) is 2.20. The van der Waals surface area contributed by atoms with Gasteiger partial charge in [-0.3, -0.25) is 4.79 Å². The second-order valence-electron chi connectivity index (χ2n) is 2.41. The van der Waals surface area contributed by atoms with Gasteiger partial charge < -0.3 is 4.42 Å². The summed E-state index contributed by atoms with van der Waals surface area (Å²) < 4.78 is 5.17. The fraction of sp³-hybridized carbons (Fsp3) is 0. The molecule has 2 aromatic heterocycles. The molecule has 0 fully saturated rings. The molecule has 0 aliphatic carbocycles. The Labute approximate surface area is 83.8 Å². The van der Waals surface area contributed by atoms with E-state index in [4.69, 9.17) is 16.0 Å². The first-order valence-corrected chi connectivity index (χ1v) is 4.80. The molecule has 2 heterocycles. The average Bonchev–Trinajstić information content (AvgIpc) is 2.75. The highest BCUT2D eigenvalue weighted by molar-refractivity contribution is 7.18. The molecule has 0 aliphatic heterocycles. The van der Waals surface area contributed by atoms with E-state index in [1.165, 1.54) is 11.3 Å². The van der Waals surface area contributed by atoms with Crippen LogP contribution < -0.4 is 0 Å². The molecular weight excluding hydrogens is 208 g/mol. The summed E-state index contributed by atoms with van der Waals surface area (Å²) in [5.41, 5.74) is 0. The van der Waals surface area contributed by atoms with Crippen molar-refractivity contribution in [3.05, 3.63) is 35.4 Å².